The van der Waals surface area contributed by atoms with E-state index in [1.165, 1.54) is 66.4 Å². The Morgan fingerprint density at radius 1 is 0.380 bits per heavy atom. The predicted octanol–water partition coefficient (Wildman–Crippen LogP) is 13.6. The van der Waals surface area contributed by atoms with Crippen LogP contribution in [0.25, 0.3) is 55.3 Å². The van der Waals surface area contributed by atoms with Crippen LogP contribution in [0.2, 0.25) is 0 Å². The van der Waals surface area contributed by atoms with Crippen molar-refractivity contribution >= 4 is 27.8 Å². The average molecular weight is 640 g/mol. The third kappa shape index (κ3) is 4.94. The van der Waals surface area contributed by atoms with Crippen molar-refractivity contribution in [3.8, 4) is 44.5 Å². The van der Waals surface area contributed by atoms with Crippen LogP contribution in [-0.2, 0) is 5.41 Å². The standard InChI is InChI=1S/C49H37N/c1-49(2)44-27-15-14-25-42(44)48-41(26-16-28-45(48)49)43-32-36(34-17-6-3-7-18-34)29-30-46(43)50(39-22-10-5-11-23-39)47-33-38(35-19-8-4-9-20-35)31-37-21-12-13-24-40(37)47/h3-33H,1-2H3. The van der Waals surface area contributed by atoms with Crippen molar-refractivity contribution in [2.75, 3.05) is 4.90 Å². The largest absolute Gasteiger partial charge is 0.309 e. The van der Waals surface area contributed by atoms with Gasteiger partial charge in [0.2, 0.25) is 0 Å². The maximum atomic E-state index is 2.48. The van der Waals surface area contributed by atoms with Crippen LogP contribution < -0.4 is 4.90 Å². The molecule has 0 atom stereocenters. The van der Waals surface area contributed by atoms with Gasteiger partial charge in [-0.25, -0.2) is 0 Å². The van der Waals surface area contributed by atoms with E-state index in [4.69, 9.17) is 0 Å². The molecule has 0 aliphatic heterocycles. The summed E-state index contributed by atoms with van der Waals surface area (Å²) in [7, 11) is 0. The minimum absolute atomic E-state index is 0.0987. The number of rotatable bonds is 6. The predicted molar refractivity (Wildman–Crippen MR) is 213 cm³/mol. The maximum Gasteiger partial charge on any atom is 0.0546 e. The number of para-hydroxylation sites is 1. The molecule has 0 unspecified atom stereocenters. The van der Waals surface area contributed by atoms with E-state index in [-0.39, 0.29) is 5.41 Å². The Labute approximate surface area is 294 Å². The van der Waals surface area contributed by atoms with E-state index in [1.54, 1.807) is 0 Å². The van der Waals surface area contributed by atoms with Crippen LogP contribution in [-0.4, -0.2) is 0 Å². The summed E-state index contributed by atoms with van der Waals surface area (Å²) in [5, 5.41) is 2.42. The van der Waals surface area contributed by atoms with Gasteiger partial charge in [0.1, 0.15) is 0 Å². The van der Waals surface area contributed by atoms with Crippen LogP contribution in [0.1, 0.15) is 25.0 Å². The molecule has 0 fully saturated rings. The zero-order chi connectivity index (χ0) is 33.7. The molecule has 0 saturated heterocycles. The van der Waals surface area contributed by atoms with Crippen molar-refractivity contribution in [2.45, 2.75) is 19.3 Å². The second-order valence-electron chi connectivity index (χ2n) is 13.8. The van der Waals surface area contributed by atoms with E-state index in [9.17, 15) is 0 Å². The zero-order valence-electron chi connectivity index (χ0n) is 28.3. The lowest BCUT2D eigenvalue weighted by Gasteiger charge is -2.30. The van der Waals surface area contributed by atoms with Gasteiger partial charge in [-0.1, -0.05) is 166 Å². The molecule has 50 heavy (non-hydrogen) atoms. The van der Waals surface area contributed by atoms with Gasteiger partial charge in [0.15, 0.2) is 0 Å². The van der Waals surface area contributed by atoms with Gasteiger partial charge in [0.05, 0.1) is 11.4 Å². The van der Waals surface area contributed by atoms with Gasteiger partial charge < -0.3 is 4.90 Å². The normalized spacial score (nSPS) is 12.8. The fraction of sp³-hybridized carbons (Fsp3) is 0.0612. The highest BCUT2D eigenvalue weighted by atomic mass is 15.1. The molecule has 0 spiro atoms. The molecular formula is C49H37N. The number of hydrogen-bond donors (Lipinski definition) is 0. The highest BCUT2D eigenvalue weighted by Crippen LogP contribution is 2.54. The smallest absolute Gasteiger partial charge is 0.0546 e. The maximum absolute atomic E-state index is 2.48. The molecule has 0 N–H and O–H groups in total. The van der Waals surface area contributed by atoms with Gasteiger partial charge in [-0.15, -0.1) is 0 Å². The minimum Gasteiger partial charge on any atom is -0.309 e. The summed E-state index contributed by atoms with van der Waals surface area (Å²) in [6.45, 7) is 4.72. The van der Waals surface area contributed by atoms with Gasteiger partial charge in [0, 0.05) is 22.1 Å². The van der Waals surface area contributed by atoms with Crippen molar-refractivity contribution in [1.29, 1.82) is 0 Å². The summed E-state index contributed by atoms with van der Waals surface area (Å²) in [6, 6.07) is 68.7. The lowest BCUT2D eigenvalue weighted by atomic mass is 9.82. The van der Waals surface area contributed by atoms with Gasteiger partial charge in [-0.3, -0.25) is 0 Å². The van der Waals surface area contributed by atoms with Crippen LogP contribution in [0.4, 0.5) is 17.1 Å². The molecule has 0 amide bonds. The Hall–Kier alpha value is -6.18. The molecule has 0 saturated carbocycles. The molecule has 8 aromatic rings. The van der Waals surface area contributed by atoms with Crippen LogP contribution in [0.15, 0.2) is 188 Å². The molecule has 1 aliphatic carbocycles. The second kappa shape index (κ2) is 12.1. The molecule has 9 rings (SSSR count). The van der Waals surface area contributed by atoms with Gasteiger partial charge in [0.25, 0.3) is 0 Å². The monoisotopic (exact) mass is 639 g/mol. The Morgan fingerprint density at radius 3 is 1.74 bits per heavy atom. The van der Waals surface area contributed by atoms with Crippen molar-refractivity contribution in [3.05, 3.63) is 199 Å². The molecular weight excluding hydrogens is 603 g/mol. The first-order chi connectivity index (χ1) is 24.6. The number of benzene rings is 8. The Morgan fingerprint density at radius 2 is 0.980 bits per heavy atom. The van der Waals surface area contributed by atoms with Crippen LogP contribution in [0.5, 0.6) is 0 Å². The SMILES string of the molecule is CC1(C)c2ccccc2-c2c(-c3cc(-c4ccccc4)ccc3N(c3ccccc3)c3cc(-c4ccccc4)cc4ccccc34)cccc21. The zero-order valence-corrected chi connectivity index (χ0v) is 28.3. The topological polar surface area (TPSA) is 3.24 Å². The molecule has 0 bridgehead atoms. The van der Waals surface area contributed by atoms with Crippen molar-refractivity contribution < 1.29 is 0 Å². The van der Waals surface area contributed by atoms with Gasteiger partial charge in [-0.05, 0) is 91.9 Å². The minimum atomic E-state index is -0.0987. The highest BCUT2D eigenvalue weighted by Gasteiger charge is 2.37. The number of fused-ring (bicyclic) bond motifs is 4. The van der Waals surface area contributed by atoms with Crippen LogP contribution >= 0.6 is 0 Å². The molecule has 1 aliphatic rings. The Balaban J connectivity index is 1.38. The van der Waals surface area contributed by atoms with Gasteiger partial charge in [-0.2, -0.15) is 0 Å². The summed E-state index contributed by atoms with van der Waals surface area (Å²) >= 11 is 0. The van der Waals surface area contributed by atoms with Crippen molar-refractivity contribution in [2.24, 2.45) is 0 Å². The molecule has 0 radical (unpaired) electrons. The number of anilines is 3. The fourth-order valence-electron chi connectivity index (χ4n) is 7.99. The van der Waals surface area contributed by atoms with E-state index in [2.05, 4.69) is 207 Å². The van der Waals surface area contributed by atoms with E-state index in [0.717, 1.165) is 17.1 Å². The Bertz CT molecular complexity index is 2490. The lowest BCUT2D eigenvalue weighted by molar-refractivity contribution is 0.660. The molecule has 0 aromatic heterocycles. The van der Waals surface area contributed by atoms with Crippen LogP contribution in [0.3, 0.4) is 0 Å². The first kappa shape index (κ1) is 29.9. The number of hydrogen-bond acceptors (Lipinski definition) is 1. The summed E-state index contributed by atoms with van der Waals surface area (Å²) in [5.74, 6) is 0. The van der Waals surface area contributed by atoms with E-state index in [1.807, 2.05) is 0 Å². The van der Waals surface area contributed by atoms with E-state index >= 15 is 0 Å². The quantitative estimate of drug-likeness (QED) is 0.175. The molecule has 1 nitrogen and oxygen atoms in total. The Kier molecular flexibility index (Phi) is 7.21. The summed E-state index contributed by atoms with van der Waals surface area (Å²) in [6.07, 6.45) is 0. The summed E-state index contributed by atoms with van der Waals surface area (Å²) in [5.41, 5.74) is 16.0. The third-order valence-electron chi connectivity index (χ3n) is 10.4. The molecule has 0 heterocycles. The number of nitrogens with zero attached hydrogens (tertiary/aromatic N) is 1. The fourth-order valence-corrected chi connectivity index (χ4v) is 7.99. The van der Waals surface area contributed by atoms with Crippen LogP contribution in [0, 0.1) is 0 Å². The summed E-state index contributed by atoms with van der Waals surface area (Å²) < 4.78 is 0. The van der Waals surface area contributed by atoms with Gasteiger partial charge >= 0.3 is 0 Å². The molecule has 1 heteroatoms. The highest BCUT2D eigenvalue weighted by molar-refractivity contribution is 6.05. The first-order valence-corrected chi connectivity index (χ1v) is 17.4. The second-order valence-corrected chi connectivity index (χ2v) is 13.8. The molecule has 8 aromatic carbocycles. The van der Waals surface area contributed by atoms with E-state index < -0.39 is 0 Å². The van der Waals surface area contributed by atoms with Crippen molar-refractivity contribution in [3.63, 3.8) is 0 Å². The first-order valence-electron chi connectivity index (χ1n) is 17.4. The average Bonchev–Trinajstić information content (AvgIpc) is 3.42. The lowest BCUT2D eigenvalue weighted by Crippen LogP contribution is -2.15. The van der Waals surface area contributed by atoms with E-state index in [0.29, 0.717) is 0 Å². The third-order valence-corrected chi connectivity index (χ3v) is 10.4. The van der Waals surface area contributed by atoms with Crippen molar-refractivity contribution in [1.82, 2.24) is 0 Å². The summed E-state index contributed by atoms with van der Waals surface area (Å²) in [4.78, 5) is 2.48. The molecule has 238 valence electrons.